The molecule has 1 saturated heterocycles. The number of aromatic nitrogens is 1. The molecule has 1 aromatic heterocycles. The van der Waals surface area contributed by atoms with Crippen molar-refractivity contribution in [3.05, 3.63) is 59.2 Å². The van der Waals surface area contributed by atoms with Crippen LogP contribution in [0.4, 0.5) is 4.39 Å². The van der Waals surface area contributed by atoms with Gasteiger partial charge in [-0.05, 0) is 48.2 Å². The zero-order valence-electron chi connectivity index (χ0n) is 15.8. The molecular weight excluding hydrogens is 345 g/mol. The van der Waals surface area contributed by atoms with Crippen molar-refractivity contribution in [2.75, 3.05) is 0 Å². The van der Waals surface area contributed by atoms with Gasteiger partial charge in [-0.2, -0.15) is 0 Å². The van der Waals surface area contributed by atoms with Crippen molar-refractivity contribution in [2.24, 2.45) is 0 Å². The monoisotopic (exact) mass is 369 g/mol. The number of rotatable bonds is 4. The molecule has 0 bridgehead atoms. The van der Waals surface area contributed by atoms with Crippen molar-refractivity contribution < 1.29 is 19.0 Å². The Kier molecular flexibility index (Phi) is 5.71. The van der Waals surface area contributed by atoms with E-state index in [9.17, 15) is 14.3 Å². The number of aryl methyl sites for hydroxylation is 1. The molecule has 2 unspecified atom stereocenters. The number of aliphatic hydroxyl groups excluding tert-OH is 1. The first kappa shape index (κ1) is 19.2. The van der Waals surface area contributed by atoms with Crippen molar-refractivity contribution in [3.8, 4) is 11.1 Å². The van der Waals surface area contributed by atoms with Crippen LogP contribution in [0.1, 0.15) is 49.6 Å². The van der Waals surface area contributed by atoms with Gasteiger partial charge in [-0.1, -0.05) is 32.1 Å². The lowest BCUT2D eigenvalue weighted by atomic mass is 9.92. The van der Waals surface area contributed by atoms with Crippen LogP contribution in [0.3, 0.4) is 0 Å². The molecule has 2 aromatic rings. The van der Waals surface area contributed by atoms with Crippen LogP contribution in [0.2, 0.25) is 0 Å². The number of carbonyl (C=O) groups is 1. The van der Waals surface area contributed by atoms with E-state index >= 15 is 0 Å². The third-order valence-electron chi connectivity index (χ3n) is 4.59. The van der Waals surface area contributed by atoms with Gasteiger partial charge in [-0.3, -0.25) is 9.78 Å². The van der Waals surface area contributed by atoms with Crippen molar-refractivity contribution >= 4 is 12.0 Å². The van der Waals surface area contributed by atoms with Crippen molar-refractivity contribution in [2.45, 2.75) is 51.7 Å². The van der Waals surface area contributed by atoms with Crippen molar-refractivity contribution in [3.63, 3.8) is 0 Å². The highest BCUT2D eigenvalue weighted by Crippen LogP contribution is 2.32. The zero-order valence-corrected chi connectivity index (χ0v) is 15.8. The molecular formula is C22H24FNO3. The lowest BCUT2D eigenvalue weighted by Crippen LogP contribution is -2.31. The molecule has 27 heavy (non-hydrogen) atoms. The summed E-state index contributed by atoms with van der Waals surface area (Å²) < 4.78 is 18.7. The summed E-state index contributed by atoms with van der Waals surface area (Å²) in [6.07, 6.45) is 2.96. The third kappa shape index (κ3) is 4.61. The van der Waals surface area contributed by atoms with Crippen LogP contribution in [0.25, 0.3) is 17.2 Å². The van der Waals surface area contributed by atoms with E-state index in [0.29, 0.717) is 6.42 Å². The van der Waals surface area contributed by atoms with Gasteiger partial charge in [0.2, 0.25) is 0 Å². The molecule has 4 nitrogen and oxygen atoms in total. The second-order valence-electron chi connectivity index (χ2n) is 7.25. The normalized spacial score (nSPS) is 20.3. The van der Waals surface area contributed by atoms with Gasteiger partial charge >= 0.3 is 5.97 Å². The van der Waals surface area contributed by atoms with Crippen LogP contribution < -0.4 is 0 Å². The first-order chi connectivity index (χ1) is 12.8. The maximum absolute atomic E-state index is 13.4. The van der Waals surface area contributed by atoms with E-state index < -0.39 is 18.2 Å². The van der Waals surface area contributed by atoms with Crippen LogP contribution in [-0.2, 0) is 9.53 Å². The van der Waals surface area contributed by atoms with Crippen molar-refractivity contribution in [1.29, 1.82) is 0 Å². The number of aliphatic hydroxyl groups is 1. The molecule has 1 N–H and O–H groups in total. The van der Waals surface area contributed by atoms with Gasteiger partial charge in [-0.15, -0.1) is 0 Å². The Bertz CT molecular complexity index is 859. The molecule has 142 valence electrons. The van der Waals surface area contributed by atoms with E-state index in [2.05, 4.69) is 18.8 Å². The molecule has 2 heterocycles. The van der Waals surface area contributed by atoms with Crippen LogP contribution in [-0.4, -0.2) is 28.3 Å². The smallest absolute Gasteiger partial charge is 0.309 e. The number of ether oxygens (including phenoxy) is 1. The summed E-state index contributed by atoms with van der Waals surface area (Å²) in [6.45, 7) is 6.07. The van der Waals surface area contributed by atoms with Crippen LogP contribution >= 0.6 is 0 Å². The number of halogens is 1. The summed E-state index contributed by atoms with van der Waals surface area (Å²) in [5.74, 6) is -0.495. The van der Waals surface area contributed by atoms with Gasteiger partial charge in [0.25, 0.3) is 0 Å². The minimum atomic E-state index is -0.682. The number of carbonyl (C=O) groups excluding carboxylic acids is 1. The molecule has 1 aliphatic heterocycles. The van der Waals surface area contributed by atoms with Gasteiger partial charge in [-0.25, -0.2) is 4.39 Å². The lowest BCUT2D eigenvalue weighted by Gasteiger charge is -2.24. The maximum atomic E-state index is 13.4. The minimum absolute atomic E-state index is 0.0362. The van der Waals surface area contributed by atoms with E-state index in [1.165, 1.54) is 12.1 Å². The Morgan fingerprint density at radius 1 is 1.30 bits per heavy atom. The molecule has 1 aromatic carbocycles. The maximum Gasteiger partial charge on any atom is 0.309 e. The average molecular weight is 369 g/mol. The molecule has 1 aliphatic rings. The van der Waals surface area contributed by atoms with E-state index in [0.717, 1.165) is 28.1 Å². The lowest BCUT2D eigenvalue weighted by molar-refractivity contribution is -0.156. The van der Waals surface area contributed by atoms with E-state index in [-0.39, 0.29) is 18.2 Å². The van der Waals surface area contributed by atoms with Crippen LogP contribution in [0.5, 0.6) is 0 Å². The van der Waals surface area contributed by atoms with Gasteiger partial charge in [0.15, 0.2) is 0 Å². The quantitative estimate of drug-likeness (QED) is 0.812. The van der Waals surface area contributed by atoms with E-state index in [1.807, 2.05) is 19.1 Å². The third-order valence-corrected chi connectivity index (χ3v) is 4.59. The standard InChI is InChI=1S/C22H24FNO3/c1-13(2)22-19(9-8-18-11-17(25)12-21(26)27-18)20(10-14(3)24-22)15-4-6-16(23)7-5-15/h4-10,13,17-18,25H,11-12H2,1-3H3/b9-8+. The Balaban J connectivity index is 2.05. The number of esters is 1. The second-order valence-corrected chi connectivity index (χ2v) is 7.25. The van der Waals surface area contributed by atoms with E-state index in [1.54, 1.807) is 18.2 Å². The molecule has 0 spiro atoms. The first-order valence-electron chi connectivity index (χ1n) is 9.16. The highest BCUT2D eigenvalue weighted by Gasteiger charge is 2.25. The summed E-state index contributed by atoms with van der Waals surface area (Å²) in [7, 11) is 0. The Hall–Kier alpha value is -2.53. The molecule has 0 aliphatic carbocycles. The number of nitrogens with zero attached hydrogens (tertiary/aromatic N) is 1. The molecule has 0 amide bonds. The molecule has 3 rings (SSSR count). The fraction of sp³-hybridized carbons (Fsp3) is 0.364. The topological polar surface area (TPSA) is 59.4 Å². The highest BCUT2D eigenvalue weighted by atomic mass is 19.1. The largest absolute Gasteiger partial charge is 0.458 e. The molecule has 0 saturated carbocycles. The number of hydrogen-bond donors (Lipinski definition) is 1. The van der Waals surface area contributed by atoms with Gasteiger partial charge in [0.1, 0.15) is 11.9 Å². The summed E-state index contributed by atoms with van der Waals surface area (Å²) >= 11 is 0. The summed E-state index contributed by atoms with van der Waals surface area (Å²) in [6, 6.07) is 8.34. The highest BCUT2D eigenvalue weighted by molar-refractivity contribution is 5.77. The van der Waals surface area contributed by atoms with Crippen molar-refractivity contribution in [1.82, 2.24) is 4.98 Å². The number of hydrogen-bond acceptors (Lipinski definition) is 4. The number of cyclic esters (lactones) is 1. The molecule has 1 fully saturated rings. The minimum Gasteiger partial charge on any atom is -0.458 e. The molecule has 5 heteroatoms. The summed E-state index contributed by atoms with van der Waals surface area (Å²) in [4.78, 5) is 16.3. The fourth-order valence-corrected chi connectivity index (χ4v) is 3.32. The Morgan fingerprint density at radius 2 is 2.00 bits per heavy atom. The average Bonchev–Trinajstić information content (AvgIpc) is 2.59. The van der Waals surface area contributed by atoms with Gasteiger partial charge < -0.3 is 9.84 Å². The predicted molar refractivity (Wildman–Crippen MR) is 103 cm³/mol. The number of pyridine rings is 1. The second kappa shape index (κ2) is 8.01. The van der Waals surface area contributed by atoms with Gasteiger partial charge in [0, 0.05) is 17.7 Å². The zero-order chi connectivity index (χ0) is 19.6. The van der Waals surface area contributed by atoms with E-state index in [4.69, 9.17) is 4.74 Å². The van der Waals surface area contributed by atoms with Gasteiger partial charge in [0.05, 0.1) is 18.2 Å². The molecule has 2 atom stereocenters. The van der Waals surface area contributed by atoms with Crippen LogP contribution in [0.15, 0.2) is 36.4 Å². The van der Waals surface area contributed by atoms with Crippen LogP contribution in [0, 0.1) is 12.7 Å². The molecule has 0 radical (unpaired) electrons. The number of benzene rings is 1. The summed E-state index contributed by atoms with van der Waals surface area (Å²) in [5.41, 5.74) is 4.57. The summed E-state index contributed by atoms with van der Waals surface area (Å²) in [5, 5.41) is 9.80. The Morgan fingerprint density at radius 3 is 2.63 bits per heavy atom. The predicted octanol–water partition coefficient (Wildman–Crippen LogP) is 4.40. The SMILES string of the molecule is Cc1cc(-c2ccc(F)cc2)c(/C=C/C2CC(O)CC(=O)O2)c(C(C)C)n1. The first-order valence-corrected chi connectivity index (χ1v) is 9.16. The fourth-order valence-electron chi connectivity index (χ4n) is 3.32. The Labute approximate surface area is 158 Å².